The first-order valence-corrected chi connectivity index (χ1v) is 6.05. The summed E-state index contributed by atoms with van der Waals surface area (Å²) in [6.07, 6.45) is 0. The largest absolute Gasteiger partial charge is 0.395 e. The summed E-state index contributed by atoms with van der Waals surface area (Å²) in [7, 11) is 0. The molecule has 1 aliphatic rings. The van der Waals surface area contributed by atoms with Gasteiger partial charge in [-0.2, -0.15) is 0 Å². The van der Waals surface area contributed by atoms with Crippen molar-refractivity contribution in [3.05, 3.63) is 0 Å². The van der Waals surface area contributed by atoms with E-state index >= 15 is 0 Å². The minimum Gasteiger partial charge on any atom is -0.395 e. The Bertz CT molecular complexity index is 217. The topological polar surface area (TPSA) is 55.8 Å². The van der Waals surface area contributed by atoms with E-state index in [1.54, 1.807) is 4.90 Å². The number of hydrogen-bond acceptors (Lipinski definition) is 4. The molecular formula is C11H23N3O2. The molecule has 1 saturated heterocycles. The molecule has 0 radical (unpaired) electrons. The van der Waals surface area contributed by atoms with Crippen LogP contribution < -0.4 is 5.32 Å². The summed E-state index contributed by atoms with van der Waals surface area (Å²) in [6, 6.07) is -0.0754. The number of nitrogens with one attached hydrogen (secondary N) is 1. The monoisotopic (exact) mass is 229 g/mol. The number of amides is 1. The Morgan fingerprint density at radius 3 is 2.62 bits per heavy atom. The number of nitrogens with zero attached hydrogens (tertiary/aromatic N) is 2. The van der Waals surface area contributed by atoms with Crippen molar-refractivity contribution in [2.45, 2.75) is 19.9 Å². The van der Waals surface area contributed by atoms with Crippen LogP contribution in [0, 0.1) is 0 Å². The molecular weight excluding hydrogens is 206 g/mol. The quantitative estimate of drug-likeness (QED) is 0.643. The first-order valence-electron chi connectivity index (χ1n) is 6.05. The van der Waals surface area contributed by atoms with E-state index in [0.717, 1.165) is 26.2 Å². The molecule has 1 fully saturated rings. The molecule has 1 amide bonds. The predicted octanol–water partition coefficient (Wildman–Crippen LogP) is -0.879. The van der Waals surface area contributed by atoms with Gasteiger partial charge in [0.1, 0.15) is 0 Å². The van der Waals surface area contributed by atoms with Crippen LogP contribution in [-0.2, 0) is 4.79 Å². The van der Waals surface area contributed by atoms with E-state index in [9.17, 15) is 4.79 Å². The Kier molecular flexibility index (Phi) is 5.73. The van der Waals surface area contributed by atoms with Gasteiger partial charge in [-0.25, -0.2) is 0 Å². The smallest absolute Gasteiger partial charge is 0.239 e. The van der Waals surface area contributed by atoms with Crippen molar-refractivity contribution < 1.29 is 9.90 Å². The van der Waals surface area contributed by atoms with Crippen molar-refractivity contribution in [1.29, 1.82) is 0 Å². The summed E-state index contributed by atoms with van der Waals surface area (Å²) in [5.41, 5.74) is 0. The third-order valence-corrected chi connectivity index (χ3v) is 3.12. The fraction of sp³-hybridized carbons (Fsp3) is 0.909. The number of aliphatic hydroxyl groups excluding tert-OH is 1. The van der Waals surface area contributed by atoms with Gasteiger partial charge in [0.15, 0.2) is 0 Å². The van der Waals surface area contributed by atoms with Crippen molar-refractivity contribution in [3.63, 3.8) is 0 Å². The van der Waals surface area contributed by atoms with Crippen LogP contribution in [0.1, 0.15) is 13.8 Å². The van der Waals surface area contributed by atoms with Crippen molar-refractivity contribution in [3.8, 4) is 0 Å². The molecule has 1 heterocycles. The molecule has 5 heteroatoms. The lowest BCUT2D eigenvalue weighted by molar-refractivity contribution is -0.137. The second kappa shape index (κ2) is 6.83. The third kappa shape index (κ3) is 3.43. The maximum absolute atomic E-state index is 12.1. The molecule has 0 spiro atoms. The van der Waals surface area contributed by atoms with Crippen LogP contribution in [0.4, 0.5) is 0 Å². The van der Waals surface area contributed by atoms with Crippen molar-refractivity contribution >= 4 is 5.91 Å². The summed E-state index contributed by atoms with van der Waals surface area (Å²) in [5.74, 6) is 0.124. The molecule has 94 valence electrons. The molecule has 1 aliphatic heterocycles. The molecule has 0 bridgehead atoms. The summed E-state index contributed by atoms with van der Waals surface area (Å²) >= 11 is 0. The molecule has 0 aromatic heterocycles. The van der Waals surface area contributed by atoms with Crippen molar-refractivity contribution in [2.75, 3.05) is 45.9 Å². The van der Waals surface area contributed by atoms with Gasteiger partial charge >= 0.3 is 0 Å². The summed E-state index contributed by atoms with van der Waals surface area (Å²) in [6.45, 7) is 8.77. The van der Waals surface area contributed by atoms with E-state index in [-0.39, 0.29) is 18.6 Å². The highest BCUT2D eigenvalue weighted by molar-refractivity contribution is 5.81. The summed E-state index contributed by atoms with van der Waals surface area (Å²) in [5, 5.41) is 12.2. The van der Waals surface area contributed by atoms with Gasteiger partial charge in [-0.15, -0.1) is 0 Å². The minimum atomic E-state index is -0.0754. The van der Waals surface area contributed by atoms with E-state index in [2.05, 4.69) is 10.2 Å². The van der Waals surface area contributed by atoms with E-state index in [4.69, 9.17) is 5.11 Å². The number of hydrogen-bond donors (Lipinski definition) is 2. The molecule has 1 rings (SSSR count). The number of piperazine rings is 1. The normalized spacial score (nSPS) is 19.4. The number of likely N-dealkylation sites (N-methyl/N-ethyl adjacent to an activating group) is 1. The van der Waals surface area contributed by atoms with Gasteiger partial charge in [-0.05, 0) is 13.8 Å². The molecule has 0 aromatic rings. The van der Waals surface area contributed by atoms with E-state index in [1.165, 1.54) is 0 Å². The second-order valence-corrected chi connectivity index (χ2v) is 4.10. The lowest BCUT2D eigenvalue weighted by atomic mass is 10.2. The van der Waals surface area contributed by atoms with Gasteiger partial charge in [-0.1, -0.05) is 0 Å². The molecule has 5 nitrogen and oxygen atoms in total. The number of carbonyl (C=O) groups is 1. The second-order valence-electron chi connectivity index (χ2n) is 4.10. The maximum Gasteiger partial charge on any atom is 0.239 e. The van der Waals surface area contributed by atoms with Gasteiger partial charge in [0.05, 0.1) is 12.6 Å². The van der Waals surface area contributed by atoms with Crippen molar-refractivity contribution in [2.24, 2.45) is 0 Å². The molecule has 1 atom stereocenters. The van der Waals surface area contributed by atoms with Crippen LogP contribution in [0.25, 0.3) is 0 Å². The zero-order valence-corrected chi connectivity index (χ0v) is 10.3. The van der Waals surface area contributed by atoms with E-state index in [1.807, 2.05) is 13.8 Å². The zero-order chi connectivity index (χ0) is 12.0. The Morgan fingerprint density at radius 1 is 1.50 bits per heavy atom. The average Bonchev–Trinajstić information content (AvgIpc) is 2.35. The first kappa shape index (κ1) is 13.4. The highest BCUT2D eigenvalue weighted by atomic mass is 16.3. The third-order valence-electron chi connectivity index (χ3n) is 3.12. The fourth-order valence-corrected chi connectivity index (χ4v) is 2.03. The van der Waals surface area contributed by atoms with Crippen LogP contribution in [-0.4, -0.2) is 72.7 Å². The Balaban J connectivity index is 2.49. The minimum absolute atomic E-state index is 0.0356. The number of aliphatic hydroxyl groups is 1. The van der Waals surface area contributed by atoms with Crippen LogP contribution in [0.2, 0.25) is 0 Å². The molecule has 0 aromatic carbocycles. The summed E-state index contributed by atoms with van der Waals surface area (Å²) < 4.78 is 0. The molecule has 16 heavy (non-hydrogen) atoms. The Labute approximate surface area is 97.4 Å². The van der Waals surface area contributed by atoms with Gasteiger partial charge in [0, 0.05) is 39.3 Å². The molecule has 0 aliphatic carbocycles. The number of rotatable bonds is 5. The standard InChI is InChI=1S/C11H23N3O2/c1-3-13(8-9-15)11(16)10(2)14-6-4-12-5-7-14/h10,12,15H,3-9H2,1-2H3. The van der Waals surface area contributed by atoms with Crippen molar-refractivity contribution in [1.82, 2.24) is 15.1 Å². The molecule has 1 unspecified atom stereocenters. The average molecular weight is 229 g/mol. The highest BCUT2D eigenvalue weighted by Crippen LogP contribution is 2.05. The molecule has 0 saturated carbocycles. The first-order chi connectivity index (χ1) is 7.70. The van der Waals surface area contributed by atoms with Crippen LogP contribution in [0.5, 0.6) is 0 Å². The van der Waals surface area contributed by atoms with Gasteiger partial charge < -0.3 is 15.3 Å². The SMILES string of the molecule is CCN(CCO)C(=O)C(C)N1CCNCC1. The fourth-order valence-electron chi connectivity index (χ4n) is 2.03. The lowest BCUT2D eigenvalue weighted by Crippen LogP contribution is -2.53. The maximum atomic E-state index is 12.1. The van der Waals surface area contributed by atoms with E-state index < -0.39 is 0 Å². The highest BCUT2D eigenvalue weighted by Gasteiger charge is 2.25. The van der Waals surface area contributed by atoms with Gasteiger partial charge in [0.2, 0.25) is 5.91 Å². The van der Waals surface area contributed by atoms with E-state index in [0.29, 0.717) is 13.1 Å². The number of carbonyl (C=O) groups excluding carboxylic acids is 1. The Morgan fingerprint density at radius 2 is 2.12 bits per heavy atom. The lowest BCUT2D eigenvalue weighted by Gasteiger charge is -2.34. The van der Waals surface area contributed by atoms with Crippen LogP contribution in [0.15, 0.2) is 0 Å². The molecule has 2 N–H and O–H groups in total. The van der Waals surface area contributed by atoms with Gasteiger partial charge in [-0.3, -0.25) is 9.69 Å². The zero-order valence-electron chi connectivity index (χ0n) is 10.3. The van der Waals surface area contributed by atoms with Crippen LogP contribution in [0.3, 0.4) is 0 Å². The van der Waals surface area contributed by atoms with Crippen LogP contribution >= 0.6 is 0 Å². The Hall–Kier alpha value is -0.650. The van der Waals surface area contributed by atoms with Gasteiger partial charge in [0.25, 0.3) is 0 Å². The summed E-state index contributed by atoms with van der Waals surface area (Å²) in [4.78, 5) is 16.0. The predicted molar refractivity (Wildman–Crippen MR) is 63.2 cm³/mol.